The number of ether oxygens (including phenoxy) is 1. The van der Waals surface area contributed by atoms with Gasteiger partial charge < -0.3 is 9.64 Å². The van der Waals surface area contributed by atoms with Gasteiger partial charge in [0.05, 0.1) is 24.0 Å². The molecule has 0 bridgehead atoms. The second-order valence-electron chi connectivity index (χ2n) is 5.52. The SMILES string of the molecule is C=C1C(Br)=CC(c2ccccc2)=C(c2ncc(OC)cc2Cl)N1CC.CC. The van der Waals surface area contributed by atoms with E-state index in [1.54, 1.807) is 19.4 Å². The Kier molecular flexibility index (Phi) is 7.69. The highest BCUT2D eigenvalue weighted by molar-refractivity contribution is 9.12. The van der Waals surface area contributed by atoms with Crippen molar-refractivity contribution in [3.8, 4) is 5.75 Å². The number of pyridine rings is 1. The number of hydrogen-bond donors (Lipinski definition) is 0. The first kappa shape index (κ1) is 21.3. The van der Waals surface area contributed by atoms with Gasteiger partial charge in [-0.25, -0.2) is 4.98 Å². The molecule has 0 aliphatic carbocycles. The molecular formula is C22H24BrClN2O. The highest BCUT2D eigenvalue weighted by Crippen LogP contribution is 2.42. The van der Waals surface area contributed by atoms with Crippen LogP contribution < -0.4 is 4.74 Å². The van der Waals surface area contributed by atoms with Gasteiger partial charge in [-0.3, -0.25) is 0 Å². The molecule has 0 amide bonds. The van der Waals surface area contributed by atoms with Crippen molar-refractivity contribution in [1.82, 2.24) is 9.88 Å². The summed E-state index contributed by atoms with van der Waals surface area (Å²) >= 11 is 10.2. The molecule has 1 aliphatic rings. The molecule has 3 rings (SSSR count). The molecule has 1 aromatic carbocycles. The minimum absolute atomic E-state index is 0.542. The van der Waals surface area contributed by atoms with Gasteiger partial charge in [-0.05, 0) is 34.5 Å². The van der Waals surface area contributed by atoms with E-state index >= 15 is 0 Å². The lowest BCUT2D eigenvalue weighted by Gasteiger charge is -2.33. The second kappa shape index (κ2) is 9.77. The fourth-order valence-electron chi connectivity index (χ4n) is 2.84. The van der Waals surface area contributed by atoms with Gasteiger partial charge in [0.2, 0.25) is 0 Å². The first-order chi connectivity index (χ1) is 13.1. The molecule has 0 radical (unpaired) electrons. The van der Waals surface area contributed by atoms with Crippen molar-refractivity contribution in [1.29, 1.82) is 0 Å². The van der Waals surface area contributed by atoms with E-state index in [1.165, 1.54) is 0 Å². The lowest BCUT2D eigenvalue weighted by molar-refractivity contribution is 0.412. The fourth-order valence-corrected chi connectivity index (χ4v) is 3.52. The molecule has 3 nitrogen and oxygen atoms in total. The van der Waals surface area contributed by atoms with E-state index in [2.05, 4.69) is 57.5 Å². The van der Waals surface area contributed by atoms with Crippen LogP contribution in [0.1, 0.15) is 32.0 Å². The standard InChI is InChI=1S/C20H18BrClN2O.C2H6/c1-4-24-13(2)17(21)11-16(14-8-6-5-7-9-14)20(24)19-18(22)10-15(25-3)12-23-19;1-2/h5-12H,2,4H2,1,3H3;1-2H3. The summed E-state index contributed by atoms with van der Waals surface area (Å²) in [7, 11) is 1.60. The Hall–Kier alpha value is -2.04. The van der Waals surface area contributed by atoms with Crippen molar-refractivity contribution >= 4 is 38.8 Å². The monoisotopic (exact) mass is 446 g/mol. The van der Waals surface area contributed by atoms with Crippen LogP contribution in [0.4, 0.5) is 0 Å². The smallest absolute Gasteiger partial charge is 0.138 e. The van der Waals surface area contributed by atoms with E-state index in [4.69, 9.17) is 16.3 Å². The zero-order valence-corrected chi connectivity index (χ0v) is 18.4. The Labute approximate surface area is 175 Å². The van der Waals surface area contributed by atoms with Crippen LogP contribution in [0.2, 0.25) is 5.02 Å². The van der Waals surface area contributed by atoms with Gasteiger partial charge in [0, 0.05) is 28.4 Å². The largest absolute Gasteiger partial charge is 0.495 e. The van der Waals surface area contributed by atoms with Crippen LogP contribution in [0.5, 0.6) is 5.75 Å². The lowest BCUT2D eigenvalue weighted by atomic mass is 9.97. The first-order valence-corrected chi connectivity index (χ1v) is 10.1. The van der Waals surface area contributed by atoms with Crippen molar-refractivity contribution < 1.29 is 4.74 Å². The van der Waals surface area contributed by atoms with E-state index in [-0.39, 0.29) is 0 Å². The summed E-state index contributed by atoms with van der Waals surface area (Å²) in [6.45, 7) is 11.0. The molecule has 1 aliphatic heterocycles. The van der Waals surface area contributed by atoms with Crippen molar-refractivity contribution in [2.45, 2.75) is 20.8 Å². The van der Waals surface area contributed by atoms with Crippen molar-refractivity contribution in [2.24, 2.45) is 0 Å². The van der Waals surface area contributed by atoms with E-state index in [0.717, 1.165) is 33.6 Å². The maximum absolute atomic E-state index is 6.54. The Morgan fingerprint density at radius 1 is 1.22 bits per heavy atom. The summed E-state index contributed by atoms with van der Waals surface area (Å²) in [5.74, 6) is 0.630. The lowest BCUT2D eigenvalue weighted by Crippen LogP contribution is -2.25. The van der Waals surface area contributed by atoms with Gasteiger partial charge in [0.1, 0.15) is 11.4 Å². The number of allylic oxidation sites excluding steroid dienone is 3. The van der Waals surface area contributed by atoms with E-state index in [1.807, 2.05) is 32.0 Å². The van der Waals surface area contributed by atoms with Gasteiger partial charge in [-0.1, -0.05) is 62.4 Å². The normalized spacial score (nSPS) is 13.8. The van der Waals surface area contributed by atoms with Crippen LogP contribution in [0.25, 0.3) is 11.3 Å². The van der Waals surface area contributed by atoms with Crippen molar-refractivity contribution in [3.05, 3.63) is 81.7 Å². The second-order valence-corrected chi connectivity index (χ2v) is 6.78. The molecule has 0 spiro atoms. The number of benzene rings is 1. The Bertz CT molecular complexity index is 875. The highest BCUT2D eigenvalue weighted by Gasteiger charge is 2.27. The Balaban J connectivity index is 0.00000126. The van der Waals surface area contributed by atoms with Gasteiger partial charge in [-0.2, -0.15) is 0 Å². The summed E-state index contributed by atoms with van der Waals surface area (Å²) < 4.78 is 6.17. The summed E-state index contributed by atoms with van der Waals surface area (Å²) in [6.07, 6.45) is 3.75. The molecule has 0 atom stereocenters. The van der Waals surface area contributed by atoms with Crippen molar-refractivity contribution in [2.75, 3.05) is 13.7 Å². The van der Waals surface area contributed by atoms with Crippen LogP contribution in [-0.4, -0.2) is 23.5 Å². The van der Waals surface area contributed by atoms with E-state index in [9.17, 15) is 0 Å². The number of rotatable bonds is 4. The van der Waals surface area contributed by atoms with Gasteiger partial charge in [0.15, 0.2) is 0 Å². The molecule has 0 fully saturated rings. The molecular weight excluding hydrogens is 424 g/mol. The van der Waals surface area contributed by atoms with E-state index in [0.29, 0.717) is 16.5 Å². The average molecular weight is 448 g/mol. The number of methoxy groups -OCH3 is 1. The summed E-state index contributed by atoms with van der Waals surface area (Å²) in [4.78, 5) is 6.68. The predicted octanol–water partition coefficient (Wildman–Crippen LogP) is 6.77. The zero-order valence-electron chi connectivity index (χ0n) is 16.1. The van der Waals surface area contributed by atoms with Crippen LogP contribution in [0.3, 0.4) is 0 Å². The Morgan fingerprint density at radius 2 is 1.89 bits per heavy atom. The third kappa shape index (κ3) is 4.45. The zero-order chi connectivity index (χ0) is 20.0. The number of likely N-dealkylation sites (N-methyl/N-ethyl adjacent to an activating group) is 1. The summed E-state index contributed by atoms with van der Waals surface area (Å²) in [5.41, 5.74) is 4.66. The van der Waals surface area contributed by atoms with Crippen LogP contribution in [0.15, 0.2) is 65.4 Å². The molecule has 1 aromatic heterocycles. The number of hydrogen-bond acceptors (Lipinski definition) is 3. The number of halogens is 2. The maximum Gasteiger partial charge on any atom is 0.138 e. The van der Waals surface area contributed by atoms with Gasteiger partial charge in [0.25, 0.3) is 0 Å². The van der Waals surface area contributed by atoms with E-state index < -0.39 is 0 Å². The molecule has 5 heteroatoms. The minimum Gasteiger partial charge on any atom is -0.495 e. The molecule has 0 saturated carbocycles. The minimum atomic E-state index is 0.542. The first-order valence-electron chi connectivity index (χ1n) is 8.90. The number of aromatic nitrogens is 1. The third-order valence-corrected chi connectivity index (χ3v) is 5.05. The molecule has 0 saturated heterocycles. The maximum atomic E-state index is 6.54. The quantitative estimate of drug-likeness (QED) is 0.517. The van der Waals surface area contributed by atoms with Crippen LogP contribution in [-0.2, 0) is 0 Å². The van der Waals surface area contributed by atoms with Crippen molar-refractivity contribution in [3.63, 3.8) is 0 Å². The third-order valence-electron chi connectivity index (χ3n) is 4.07. The molecule has 2 heterocycles. The van der Waals surface area contributed by atoms with Crippen LogP contribution >= 0.6 is 27.5 Å². The van der Waals surface area contributed by atoms with Crippen LogP contribution in [0, 0.1) is 0 Å². The predicted molar refractivity (Wildman–Crippen MR) is 119 cm³/mol. The number of nitrogens with zero attached hydrogens (tertiary/aromatic N) is 2. The molecule has 0 unspecified atom stereocenters. The molecule has 2 aromatic rings. The Morgan fingerprint density at radius 3 is 2.44 bits per heavy atom. The summed E-state index contributed by atoms with van der Waals surface area (Å²) in [5, 5.41) is 0.542. The average Bonchev–Trinajstić information content (AvgIpc) is 2.72. The fraction of sp³-hybridized carbons (Fsp3) is 0.227. The topological polar surface area (TPSA) is 25.4 Å². The van der Waals surface area contributed by atoms with Gasteiger partial charge >= 0.3 is 0 Å². The molecule has 27 heavy (non-hydrogen) atoms. The molecule has 142 valence electrons. The highest BCUT2D eigenvalue weighted by atomic mass is 79.9. The van der Waals surface area contributed by atoms with Gasteiger partial charge in [-0.15, -0.1) is 0 Å². The summed E-state index contributed by atoms with van der Waals surface area (Å²) in [6, 6.07) is 12.0. The molecule has 0 N–H and O–H groups in total.